The molecule has 1 saturated heterocycles. The van der Waals surface area contributed by atoms with Crippen molar-refractivity contribution >= 4 is 58.1 Å². The second kappa shape index (κ2) is 11.2. The van der Waals surface area contributed by atoms with E-state index in [1.54, 1.807) is 30.0 Å². The number of nitrogens with one attached hydrogen (secondary N) is 2. The van der Waals surface area contributed by atoms with Gasteiger partial charge in [-0.05, 0) is 29.8 Å². The molecule has 2 aromatic carbocycles. The zero-order valence-corrected chi connectivity index (χ0v) is 19.5. The van der Waals surface area contributed by atoms with Crippen LogP contribution in [0.2, 0.25) is 10.0 Å². The number of carbonyl (C=O) groups is 1. The van der Waals surface area contributed by atoms with Crippen molar-refractivity contribution in [2.24, 2.45) is 0 Å². The molecule has 5 nitrogen and oxygen atoms in total. The van der Waals surface area contributed by atoms with E-state index in [0.29, 0.717) is 27.2 Å². The van der Waals surface area contributed by atoms with Gasteiger partial charge in [0.25, 0.3) is 0 Å². The highest BCUT2D eigenvalue weighted by atomic mass is 35.5. The summed E-state index contributed by atoms with van der Waals surface area (Å²) >= 11 is 19.6. The number of ether oxygens (including phenoxy) is 2. The monoisotopic (exact) mass is 484 g/mol. The molecule has 0 radical (unpaired) electrons. The van der Waals surface area contributed by atoms with E-state index in [1.807, 2.05) is 24.3 Å². The predicted octanol–water partition coefficient (Wildman–Crippen LogP) is 4.24. The minimum atomic E-state index is -0.552. The third-order valence-electron chi connectivity index (χ3n) is 4.64. The fraction of sp³-hybridized carbons (Fsp3) is 0.333. The van der Waals surface area contributed by atoms with Crippen molar-refractivity contribution in [1.82, 2.24) is 10.6 Å². The van der Waals surface area contributed by atoms with E-state index in [0.717, 1.165) is 22.8 Å². The summed E-state index contributed by atoms with van der Waals surface area (Å²) in [5.74, 6) is 2.08. The molecule has 2 N–H and O–H groups in total. The average molecular weight is 485 g/mol. The molecule has 0 spiro atoms. The molecule has 2 aromatic rings. The molecule has 0 saturated carbocycles. The Bertz CT molecular complexity index is 870. The van der Waals surface area contributed by atoms with Gasteiger partial charge in [0.05, 0.1) is 18.1 Å². The van der Waals surface area contributed by atoms with E-state index >= 15 is 0 Å². The highest BCUT2D eigenvalue weighted by molar-refractivity contribution is 7.99. The van der Waals surface area contributed by atoms with E-state index in [4.69, 9.17) is 44.9 Å². The Balaban J connectivity index is 1.60. The molecule has 160 valence electrons. The standard InChI is InChI=1S/C21H22Cl2N2O3S2/c1-27-21(26)18(25-20(29)19-11-30-12-24-19)9-13-5-7-14(8-6-13)28-10-15-16(22)3-2-4-17(15)23/h2-8,18-19,24H,9-12H2,1H3,(H,25,29)/t18-,19+/m1/s1. The topological polar surface area (TPSA) is 59.6 Å². The summed E-state index contributed by atoms with van der Waals surface area (Å²) in [6, 6.07) is 12.4. The lowest BCUT2D eigenvalue weighted by Crippen LogP contribution is -2.49. The summed E-state index contributed by atoms with van der Waals surface area (Å²) in [6.45, 7) is 0.269. The van der Waals surface area contributed by atoms with Crippen molar-refractivity contribution in [3.8, 4) is 5.75 Å². The quantitative estimate of drug-likeness (QED) is 0.429. The van der Waals surface area contributed by atoms with Gasteiger partial charge in [-0.1, -0.05) is 53.6 Å². The number of methoxy groups -OCH3 is 1. The number of esters is 1. The van der Waals surface area contributed by atoms with Crippen LogP contribution in [0, 0.1) is 0 Å². The van der Waals surface area contributed by atoms with Crippen LogP contribution in [0.25, 0.3) is 0 Å². The Morgan fingerprint density at radius 3 is 2.57 bits per heavy atom. The van der Waals surface area contributed by atoms with E-state index in [9.17, 15) is 4.79 Å². The maximum atomic E-state index is 12.2. The van der Waals surface area contributed by atoms with Crippen LogP contribution in [-0.4, -0.2) is 41.8 Å². The van der Waals surface area contributed by atoms with Gasteiger partial charge in [0.2, 0.25) is 0 Å². The van der Waals surface area contributed by atoms with Gasteiger partial charge in [-0.15, -0.1) is 11.8 Å². The Morgan fingerprint density at radius 1 is 1.27 bits per heavy atom. The molecule has 1 aliphatic heterocycles. The number of thiocarbonyl (C=S) groups is 1. The maximum absolute atomic E-state index is 12.2. The van der Waals surface area contributed by atoms with Crippen molar-refractivity contribution in [2.75, 3.05) is 18.7 Å². The van der Waals surface area contributed by atoms with Gasteiger partial charge in [-0.3, -0.25) is 5.32 Å². The number of rotatable bonds is 8. The SMILES string of the molecule is COC(=O)[C@@H](Cc1ccc(OCc2c(Cl)cccc2Cl)cc1)NC(=S)[C@@H]1CSCN1. The average Bonchev–Trinajstić information content (AvgIpc) is 3.28. The summed E-state index contributed by atoms with van der Waals surface area (Å²) in [5.41, 5.74) is 1.70. The highest BCUT2D eigenvalue weighted by Crippen LogP contribution is 2.26. The molecular weight excluding hydrogens is 463 g/mol. The summed E-state index contributed by atoms with van der Waals surface area (Å²) in [5, 5.41) is 7.58. The molecule has 0 aliphatic carbocycles. The van der Waals surface area contributed by atoms with Crippen molar-refractivity contribution in [3.63, 3.8) is 0 Å². The Hall–Kier alpha value is -1.51. The van der Waals surface area contributed by atoms with Crippen LogP contribution in [0.1, 0.15) is 11.1 Å². The Labute approximate surface area is 195 Å². The van der Waals surface area contributed by atoms with E-state index < -0.39 is 6.04 Å². The number of hydrogen-bond donors (Lipinski definition) is 2. The van der Waals surface area contributed by atoms with E-state index in [-0.39, 0.29) is 18.6 Å². The Kier molecular flexibility index (Phi) is 8.65. The fourth-order valence-corrected chi connectivity index (χ4v) is 4.83. The third kappa shape index (κ3) is 6.25. The van der Waals surface area contributed by atoms with Gasteiger partial charge in [-0.2, -0.15) is 0 Å². The molecule has 0 amide bonds. The number of thioether (sulfide) groups is 1. The zero-order valence-electron chi connectivity index (χ0n) is 16.3. The molecule has 1 aliphatic rings. The van der Waals surface area contributed by atoms with Crippen molar-refractivity contribution in [3.05, 3.63) is 63.6 Å². The molecule has 9 heteroatoms. The molecule has 0 bridgehead atoms. The number of carbonyl (C=O) groups excluding carboxylic acids is 1. The van der Waals surface area contributed by atoms with Crippen molar-refractivity contribution in [1.29, 1.82) is 0 Å². The summed E-state index contributed by atoms with van der Waals surface area (Å²) < 4.78 is 10.8. The smallest absolute Gasteiger partial charge is 0.328 e. The van der Waals surface area contributed by atoms with Gasteiger partial charge >= 0.3 is 5.97 Å². The number of halogens is 2. The second-order valence-corrected chi connectivity index (χ2v) is 8.98. The summed E-state index contributed by atoms with van der Waals surface area (Å²) in [4.78, 5) is 12.9. The molecule has 1 heterocycles. The first-order valence-corrected chi connectivity index (χ1v) is 11.6. The van der Waals surface area contributed by atoms with Crippen LogP contribution < -0.4 is 15.4 Å². The first-order valence-electron chi connectivity index (χ1n) is 9.32. The lowest BCUT2D eigenvalue weighted by Gasteiger charge is -2.21. The highest BCUT2D eigenvalue weighted by Gasteiger charge is 2.25. The number of hydrogen-bond acceptors (Lipinski definition) is 6. The van der Waals surface area contributed by atoms with Crippen LogP contribution >= 0.6 is 47.2 Å². The van der Waals surface area contributed by atoms with Crippen LogP contribution in [0.5, 0.6) is 5.75 Å². The minimum absolute atomic E-state index is 0.0737. The molecule has 0 aromatic heterocycles. The fourth-order valence-electron chi connectivity index (χ4n) is 2.95. The van der Waals surface area contributed by atoms with Crippen molar-refractivity contribution in [2.45, 2.75) is 25.1 Å². The van der Waals surface area contributed by atoms with Gasteiger partial charge in [-0.25, -0.2) is 4.79 Å². The predicted molar refractivity (Wildman–Crippen MR) is 127 cm³/mol. The van der Waals surface area contributed by atoms with Gasteiger partial charge in [0.15, 0.2) is 0 Å². The zero-order chi connectivity index (χ0) is 21.5. The van der Waals surface area contributed by atoms with Gasteiger partial charge < -0.3 is 14.8 Å². The Morgan fingerprint density at radius 2 is 1.97 bits per heavy atom. The molecule has 2 atom stereocenters. The van der Waals surface area contributed by atoms with Crippen molar-refractivity contribution < 1.29 is 14.3 Å². The number of benzene rings is 2. The normalized spacial score (nSPS) is 16.7. The van der Waals surface area contributed by atoms with Crippen LogP contribution in [0.15, 0.2) is 42.5 Å². The lowest BCUT2D eigenvalue weighted by atomic mass is 10.1. The molecule has 3 rings (SSSR count). The van der Waals surface area contributed by atoms with Gasteiger partial charge in [0, 0.05) is 33.7 Å². The first-order chi connectivity index (χ1) is 14.5. The van der Waals surface area contributed by atoms with Crippen LogP contribution in [0.4, 0.5) is 0 Å². The molecule has 1 fully saturated rings. The van der Waals surface area contributed by atoms with E-state index in [2.05, 4.69) is 10.6 Å². The molecular formula is C21H22Cl2N2O3S2. The lowest BCUT2D eigenvalue weighted by molar-refractivity contribution is -0.142. The van der Waals surface area contributed by atoms with E-state index in [1.165, 1.54) is 7.11 Å². The molecule has 30 heavy (non-hydrogen) atoms. The summed E-state index contributed by atoms with van der Waals surface area (Å²) in [6.07, 6.45) is 0.448. The second-order valence-electron chi connectivity index (χ2n) is 6.69. The van der Waals surface area contributed by atoms with Crippen LogP contribution in [0.3, 0.4) is 0 Å². The maximum Gasteiger partial charge on any atom is 0.328 e. The minimum Gasteiger partial charge on any atom is -0.489 e. The largest absolute Gasteiger partial charge is 0.489 e. The molecule has 0 unspecified atom stereocenters. The van der Waals surface area contributed by atoms with Gasteiger partial charge in [0.1, 0.15) is 18.4 Å². The summed E-state index contributed by atoms with van der Waals surface area (Å²) in [7, 11) is 1.38. The van der Waals surface area contributed by atoms with Crippen LogP contribution in [-0.2, 0) is 22.6 Å². The first kappa shape index (κ1) is 23.2. The third-order valence-corrected chi connectivity index (χ3v) is 6.69.